The fraction of sp³-hybridized carbons (Fsp3) is 0.208. The van der Waals surface area contributed by atoms with Gasteiger partial charge in [-0.05, 0) is 49.4 Å². The van der Waals surface area contributed by atoms with Crippen molar-refractivity contribution in [2.24, 2.45) is 4.99 Å². The van der Waals surface area contributed by atoms with Crippen molar-refractivity contribution in [3.63, 3.8) is 0 Å². The van der Waals surface area contributed by atoms with E-state index in [0.29, 0.717) is 47.7 Å². The first-order chi connectivity index (χ1) is 16.3. The molecule has 0 aliphatic carbocycles. The maximum Gasteiger partial charge on any atom is 0.338 e. The van der Waals surface area contributed by atoms with Crippen LogP contribution in [0.25, 0.3) is 6.08 Å². The number of benzene rings is 2. The van der Waals surface area contributed by atoms with E-state index in [-0.39, 0.29) is 11.1 Å². The Morgan fingerprint density at radius 2 is 1.71 bits per heavy atom. The number of methoxy groups -OCH3 is 3. The average Bonchev–Trinajstić information content (AvgIpc) is 3.12. The minimum atomic E-state index is -0.847. The number of hydrogen-bond acceptors (Lipinski definition) is 7. The molecule has 1 aliphatic heterocycles. The molecule has 0 unspecified atom stereocenters. The summed E-state index contributed by atoms with van der Waals surface area (Å²) in [6.45, 7) is 1.70. The number of carbonyl (C=O) groups is 1. The van der Waals surface area contributed by atoms with Crippen LogP contribution in [0.4, 0.5) is 0 Å². The zero-order valence-electron chi connectivity index (χ0n) is 18.7. The molecule has 7 nitrogen and oxygen atoms in total. The molecule has 34 heavy (non-hydrogen) atoms. The smallest absolute Gasteiger partial charge is 0.338 e. The van der Waals surface area contributed by atoms with Crippen molar-refractivity contribution >= 4 is 46.6 Å². The third-order valence-corrected chi connectivity index (χ3v) is 6.84. The number of fused-ring (bicyclic) bond motifs is 1. The van der Waals surface area contributed by atoms with E-state index in [1.807, 2.05) is 0 Å². The van der Waals surface area contributed by atoms with Crippen LogP contribution in [-0.4, -0.2) is 31.9 Å². The van der Waals surface area contributed by atoms with Crippen LogP contribution in [0.3, 0.4) is 0 Å². The zero-order chi connectivity index (χ0) is 24.6. The summed E-state index contributed by atoms with van der Waals surface area (Å²) < 4.78 is 17.8. The molecule has 10 heteroatoms. The Hall–Kier alpha value is -3.07. The number of allylic oxidation sites excluding steroid dienone is 1. The summed E-state index contributed by atoms with van der Waals surface area (Å²) in [6.07, 6.45) is 1.69. The second kappa shape index (κ2) is 9.66. The van der Waals surface area contributed by atoms with Crippen LogP contribution >= 0.6 is 34.5 Å². The van der Waals surface area contributed by atoms with Gasteiger partial charge in [-0.1, -0.05) is 34.5 Å². The van der Waals surface area contributed by atoms with Crippen LogP contribution in [0.1, 0.15) is 24.1 Å². The molecular weight excluding hydrogens is 499 g/mol. The molecule has 0 radical (unpaired) electrons. The lowest BCUT2D eigenvalue weighted by atomic mass is 9.95. The molecule has 1 atom stereocenters. The van der Waals surface area contributed by atoms with E-state index >= 15 is 0 Å². The number of rotatable bonds is 5. The second-order valence-corrected chi connectivity index (χ2v) is 9.23. The van der Waals surface area contributed by atoms with Crippen LogP contribution in [0, 0.1) is 0 Å². The number of carbonyl (C=O) groups excluding carboxylic acids is 1. The van der Waals surface area contributed by atoms with E-state index in [9.17, 15) is 9.59 Å². The van der Waals surface area contributed by atoms with Gasteiger partial charge in [0, 0.05) is 21.2 Å². The van der Waals surface area contributed by atoms with Gasteiger partial charge in [-0.2, -0.15) is 0 Å². The maximum atomic E-state index is 13.7. The predicted octanol–water partition coefficient (Wildman–Crippen LogP) is 3.73. The Kier molecular flexibility index (Phi) is 6.84. The van der Waals surface area contributed by atoms with E-state index in [4.69, 9.17) is 37.4 Å². The first-order valence-corrected chi connectivity index (χ1v) is 11.6. The van der Waals surface area contributed by atoms with Crippen molar-refractivity contribution in [1.82, 2.24) is 4.57 Å². The summed E-state index contributed by atoms with van der Waals surface area (Å²) in [7, 11) is 4.33. The molecule has 176 valence electrons. The molecule has 0 fully saturated rings. The third-order valence-electron chi connectivity index (χ3n) is 5.39. The van der Waals surface area contributed by atoms with Gasteiger partial charge in [0.05, 0.1) is 37.1 Å². The van der Waals surface area contributed by atoms with E-state index in [1.165, 1.54) is 30.1 Å². The van der Waals surface area contributed by atoms with Gasteiger partial charge in [0.1, 0.15) is 17.5 Å². The van der Waals surface area contributed by atoms with E-state index in [0.717, 1.165) is 0 Å². The van der Waals surface area contributed by atoms with Gasteiger partial charge in [0.15, 0.2) is 4.80 Å². The first-order valence-electron chi connectivity index (χ1n) is 10.1. The summed E-state index contributed by atoms with van der Waals surface area (Å²) in [4.78, 5) is 31.5. The highest BCUT2D eigenvalue weighted by atomic mass is 35.5. The second-order valence-electron chi connectivity index (χ2n) is 7.35. The molecule has 0 amide bonds. The summed E-state index contributed by atoms with van der Waals surface area (Å²) >= 11 is 13.6. The fourth-order valence-electron chi connectivity index (χ4n) is 3.87. The Bertz CT molecular complexity index is 1510. The summed E-state index contributed by atoms with van der Waals surface area (Å²) in [5.41, 5.74) is 1.50. The molecular formula is C24H20Cl2N2O5S. The van der Waals surface area contributed by atoms with Gasteiger partial charge in [0.2, 0.25) is 0 Å². The van der Waals surface area contributed by atoms with Crippen molar-refractivity contribution in [3.05, 3.63) is 88.5 Å². The molecule has 2 aromatic carbocycles. The molecule has 1 aromatic heterocycles. The standard InChI is InChI=1S/C24H20Cl2N2O5S/c1-12-20(23(30)33-4)21(16-11-15(26)6-8-18(16)32-3)28-22(29)19(34-24(28)27-12)10-13-9-14(25)5-7-17(13)31-2/h5-11,21H,1-4H3/b19-10-/t21-/m0/s1. The van der Waals surface area contributed by atoms with Gasteiger partial charge in [-0.3, -0.25) is 9.36 Å². The fourth-order valence-corrected chi connectivity index (χ4v) is 5.26. The van der Waals surface area contributed by atoms with E-state index in [2.05, 4.69) is 4.99 Å². The van der Waals surface area contributed by atoms with Crippen molar-refractivity contribution < 1.29 is 19.0 Å². The normalized spacial score (nSPS) is 15.6. The Morgan fingerprint density at radius 1 is 1.06 bits per heavy atom. The molecule has 3 aromatic rings. The number of nitrogens with zero attached hydrogens (tertiary/aromatic N) is 2. The van der Waals surface area contributed by atoms with Crippen LogP contribution in [0.5, 0.6) is 11.5 Å². The van der Waals surface area contributed by atoms with Crippen molar-refractivity contribution in [2.75, 3.05) is 21.3 Å². The molecule has 4 rings (SSSR count). The highest BCUT2D eigenvalue weighted by Crippen LogP contribution is 2.37. The van der Waals surface area contributed by atoms with Gasteiger partial charge in [-0.25, -0.2) is 9.79 Å². The van der Waals surface area contributed by atoms with Crippen molar-refractivity contribution in [1.29, 1.82) is 0 Å². The lowest BCUT2D eigenvalue weighted by Crippen LogP contribution is -2.40. The van der Waals surface area contributed by atoms with Gasteiger partial charge < -0.3 is 14.2 Å². The maximum absolute atomic E-state index is 13.7. The zero-order valence-corrected chi connectivity index (χ0v) is 21.0. The summed E-state index contributed by atoms with van der Waals surface area (Å²) in [5, 5.41) is 0.936. The molecule has 0 bridgehead atoms. The lowest BCUT2D eigenvalue weighted by molar-refractivity contribution is -0.136. The van der Waals surface area contributed by atoms with E-state index in [1.54, 1.807) is 56.5 Å². The van der Waals surface area contributed by atoms with Crippen LogP contribution in [0.15, 0.2) is 57.5 Å². The summed E-state index contributed by atoms with van der Waals surface area (Å²) in [5.74, 6) is 0.436. The minimum Gasteiger partial charge on any atom is -0.496 e. The predicted molar refractivity (Wildman–Crippen MR) is 132 cm³/mol. The Morgan fingerprint density at radius 3 is 2.35 bits per heavy atom. The van der Waals surface area contributed by atoms with Gasteiger partial charge >= 0.3 is 5.97 Å². The highest BCUT2D eigenvalue weighted by Gasteiger charge is 2.35. The number of ether oxygens (including phenoxy) is 3. The molecule has 0 saturated carbocycles. The molecule has 0 N–H and O–H groups in total. The number of esters is 1. The largest absolute Gasteiger partial charge is 0.496 e. The topological polar surface area (TPSA) is 79.1 Å². The number of thiazole rings is 1. The van der Waals surface area contributed by atoms with Gasteiger partial charge in [0.25, 0.3) is 5.56 Å². The minimum absolute atomic E-state index is 0.224. The van der Waals surface area contributed by atoms with Crippen molar-refractivity contribution in [3.8, 4) is 11.5 Å². The SMILES string of the molecule is COC(=O)C1=C(C)N=c2s/c(=C\c3cc(Cl)ccc3OC)c(=O)n2[C@H]1c1cc(Cl)ccc1OC. The third kappa shape index (κ3) is 4.24. The first kappa shape index (κ1) is 24.1. The monoisotopic (exact) mass is 518 g/mol. The number of hydrogen-bond donors (Lipinski definition) is 0. The molecule has 0 saturated heterocycles. The van der Waals surface area contributed by atoms with E-state index < -0.39 is 12.0 Å². The molecule has 2 heterocycles. The van der Waals surface area contributed by atoms with Crippen molar-refractivity contribution in [2.45, 2.75) is 13.0 Å². The molecule has 1 aliphatic rings. The number of aromatic nitrogens is 1. The number of halogens is 2. The summed E-state index contributed by atoms with van der Waals surface area (Å²) in [6, 6.07) is 9.33. The highest BCUT2D eigenvalue weighted by molar-refractivity contribution is 7.07. The molecule has 0 spiro atoms. The lowest BCUT2D eigenvalue weighted by Gasteiger charge is -2.25. The van der Waals surface area contributed by atoms with Crippen LogP contribution in [0.2, 0.25) is 10.0 Å². The Balaban J connectivity index is 2.04. The van der Waals surface area contributed by atoms with Crippen LogP contribution < -0.4 is 24.4 Å². The van der Waals surface area contributed by atoms with Crippen LogP contribution in [-0.2, 0) is 9.53 Å². The Labute approximate surface area is 209 Å². The quantitative estimate of drug-likeness (QED) is 0.480. The average molecular weight is 519 g/mol. The van der Waals surface area contributed by atoms with Gasteiger partial charge in [-0.15, -0.1) is 0 Å².